The molecular formula is C25H31N3O3. The summed E-state index contributed by atoms with van der Waals surface area (Å²) in [6.45, 7) is 1.65. The second kappa shape index (κ2) is 11.2. The average Bonchev–Trinajstić information content (AvgIpc) is 2.76. The fourth-order valence-corrected chi connectivity index (χ4v) is 3.36. The number of amides is 1. The minimum Gasteiger partial charge on any atom is -0.383 e. The molecule has 0 aliphatic heterocycles. The van der Waals surface area contributed by atoms with Crippen LogP contribution in [0.15, 0.2) is 60.8 Å². The van der Waals surface area contributed by atoms with E-state index in [4.69, 9.17) is 5.73 Å². The van der Waals surface area contributed by atoms with Gasteiger partial charge in [-0.3, -0.25) is 9.59 Å². The lowest BCUT2D eigenvalue weighted by Gasteiger charge is -2.16. The van der Waals surface area contributed by atoms with Gasteiger partial charge < -0.3 is 16.2 Å². The molecule has 0 spiro atoms. The lowest BCUT2D eigenvalue weighted by Crippen LogP contribution is -2.44. The number of anilines is 1. The first-order valence-corrected chi connectivity index (χ1v) is 10.1. The van der Waals surface area contributed by atoms with Gasteiger partial charge in [-0.2, -0.15) is 0 Å². The van der Waals surface area contributed by atoms with Crippen LogP contribution in [0.1, 0.15) is 38.3 Å². The number of nitrogens with one attached hydrogen (secondary N) is 1. The molecule has 6 heteroatoms. The van der Waals surface area contributed by atoms with E-state index in [0.29, 0.717) is 31.5 Å². The highest BCUT2D eigenvalue weighted by molar-refractivity contribution is 5.92. The molecule has 2 atom stereocenters. The smallest absolute Gasteiger partial charge is 0.249 e. The lowest BCUT2D eigenvalue weighted by atomic mass is 10.0. The molecule has 1 aromatic heterocycles. The standard InChI is InChI=1S/C24H27N3O3.CH4/c1-16(27-24(30)22(29)12-8-17-5-3-2-4-6-17)21(28)11-9-18-7-10-20-19(15-18)13-14-26-23(20)25;/h2-7,10,13-16,22,29H,8-9,11-12H2,1H3,(H2,25,26)(H,27,30);1H4/t16-,22+;/m0./s1. The molecule has 0 aliphatic rings. The van der Waals surface area contributed by atoms with E-state index in [9.17, 15) is 14.7 Å². The molecule has 0 saturated carbocycles. The van der Waals surface area contributed by atoms with Crippen LogP contribution in [0.2, 0.25) is 0 Å². The van der Waals surface area contributed by atoms with Crippen LogP contribution in [0.3, 0.4) is 0 Å². The number of fused-ring (bicyclic) bond motifs is 1. The number of aliphatic hydroxyl groups is 1. The molecule has 0 bridgehead atoms. The van der Waals surface area contributed by atoms with E-state index in [1.54, 1.807) is 13.1 Å². The Labute approximate surface area is 183 Å². The summed E-state index contributed by atoms with van der Waals surface area (Å²) in [5, 5.41) is 14.6. The highest BCUT2D eigenvalue weighted by Gasteiger charge is 2.20. The fourth-order valence-electron chi connectivity index (χ4n) is 3.36. The third kappa shape index (κ3) is 6.62. The second-order valence-corrected chi connectivity index (χ2v) is 7.49. The van der Waals surface area contributed by atoms with Crippen LogP contribution in [0.25, 0.3) is 10.8 Å². The molecule has 31 heavy (non-hydrogen) atoms. The van der Waals surface area contributed by atoms with Crippen molar-refractivity contribution in [2.45, 2.75) is 52.2 Å². The molecule has 1 heterocycles. The molecule has 2 aromatic carbocycles. The van der Waals surface area contributed by atoms with Crippen molar-refractivity contribution in [2.24, 2.45) is 0 Å². The number of ketones is 1. The van der Waals surface area contributed by atoms with Crippen molar-refractivity contribution < 1.29 is 14.7 Å². The summed E-state index contributed by atoms with van der Waals surface area (Å²) in [6, 6.07) is 16.7. The largest absolute Gasteiger partial charge is 0.383 e. The molecule has 3 aromatic rings. The van der Waals surface area contributed by atoms with Crippen molar-refractivity contribution in [1.29, 1.82) is 0 Å². The molecule has 4 N–H and O–H groups in total. The van der Waals surface area contributed by atoms with Gasteiger partial charge in [-0.1, -0.05) is 56.0 Å². The zero-order valence-corrected chi connectivity index (χ0v) is 17.0. The molecule has 0 aliphatic carbocycles. The number of Topliss-reactive ketones (excluding diaryl/α,β-unsaturated/α-hetero) is 1. The Balaban J connectivity index is 0.00000341. The Morgan fingerprint density at radius 3 is 2.55 bits per heavy atom. The van der Waals surface area contributed by atoms with Crippen molar-refractivity contribution in [1.82, 2.24) is 10.3 Å². The van der Waals surface area contributed by atoms with E-state index in [2.05, 4.69) is 10.3 Å². The molecular weight excluding hydrogens is 390 g/mol. The average molecular weight is 422 g/mol. The number of hydrogen-bond donors (Lipinski definition) is 3. The maximum Gasteiger partial charge on any atom is 0.249 e. The summed E-state index contributed by atoms with van der Waals surface area (Å²) in [5.74, 6) is -0.106. The van der Waals surface area contributed by atoms with Gasteiger partial charge in [0.1, 0.15) is 11.9 Å². The highest BCUT2D eigenvalue weighted by Crippen LogP contribution is 2.20. The van der Waals surface area contributed by atoms with Gasteiger partial charge in [0.25, 0.3) is 0 Å². The van der Waals surface area contributed by atoms with Crippen molar-refractivity contribution >= 4 is 28.3 Å². The number of aliphatic hydroxyl groups excluding tert-OH is 1. The van der Waals surface area contributed by atoms with Crippen LogP contribution in [0.5, 0.6) is 0 Å². The summed E-state index contributed by atoms with van der Waals surface area (Å²) < 4.78 is 0. The number of rotatable bonds is 9. The maximum atomic E-state index is 12.4. The lowest BCUT2D eigenvalue weighted by molar-refractivity contribution is -0.133. The van der Waals surface area contributed by atoms with E-state index in [-0.39, 0.29) is 13.2 Å². The molecule has 0 unspecified atom stereocenters. The molecule has 164 valence electrons. The normalized spacial score (nSPS) is 12.6. The highest BCUT2D eigenvalue weighted by atomic mass is 16.3. The van der Waals surface area contributed by atoms with Gasteiger partial charge in [0.05, 0.1) is 6.04 Å². The Hall–Kier alpha value is -3.25. The number of carbonyl (C=O) groups is 2. The molecule has 0 radical (unpaired) electrons. The molecule has 1 amide bonds. The van der Waals surface area contributed by atoms with Crippen molar-refractivity contribution in [3.8, 4) is 0 Å². The number of aromatic nitrogens is 1. The molecule has 3 rings (SSSR count). The first-order chi connectivity index (χ1) is 14.4. The van der Waals surface area contributed by atoms with E-state index >= 15 is 0 Å². The van der Waals surface area contributed by atoms with E-state index in [0.717, 1.165) is 21.9 Å². The second-order valence-electron chi connectivity index (χ2n) is 7.49. The van der Waals surface area contributed by atoms with E-state index < -0.39 is 18.1 Å². The third-order valence-electron chi connectivity index (χ3n) is 5.21. The minimum atomic E-state index is -1.14. The number of hydrogen-bond acceptors (Lipinski definition) is 5. The van der Waals surface area contributed by atoms with E-state index in [1.807, 2.05) is 54.6 Å². The first-order valence-electron chi connectivity index (χ1n) is 10.1. The van der Waals surface area contributed by atoms with Crippen molar-refractivity contribution in [3.05, 3.63) is 71.9 Å². The zero-order valence-electron chi connectivity index (χ0n) is 17.0. The molecule has 0 saturated heterocycles. The number of nitrogens with zero attached hydrogens (tertiary/aromatic N) is 1. The first kappa shape index (κ1) is 24.0. The fraction of sp³-hybridized carbons (Fsp3) is 0.320. The van der Waals surface area contributed by atoms with Crippen LogP contribution in [-0.4, -0.2) is 33.9 Å². The van der Waals surface area contributed by atoms with Crippen molar-refractivity contribution in [2.75, 3.05) is 5.73 Å². The minimum absolute atomic E-state index is 0. The van der Waals surface area contributed by atoms with Gasteiger partial charge in [-0.25, -0.2) is 4.98 Å². The van der Waals surface area contributed by atoms with Gasteiger partial charge in [0.2, 0.25) is 5.91 Å². The summed E-state index contributed by atoms with van der Waals surface area (Å²) in [6.07, 6.45) is 2.29. The van der Waals surface area contributed by atoms with Gasteiger partial charge in [-0.05, 0) is 48.8 Å². The number of pyridine rings is 1. The van der Waals surface area contributed by atoms with Crippen LogP contribution in [-0.2, 0) is 22.4 Å². The predicted octanol–water partition coefficient (Wildman–Crippen LogP) is 3.45. The molecule has 0 fully saturated rings. The monoisotopic (exact) mass is 421 g/mol. The number of benzene rings is 2. The Bertz CT molecular complexity index is 1020. The van der Waals surface area contributed by atoms with Crippen molar-refractivity contribution in [3.63, 3.8) is 0 Å². The number of carbonyl (C=O) groups excluding carboxylic acids is 2. The van der Waals surface area contributed by atoms with Gasteiger partial charge in [0, 0.05) is 18.0 Å². The summed E-state index contributed by atoms with van der Waals surface area (Å²) in [4.78, 5) is 28.7. The summed E-state index contributed by atoms with van der Waals surface area (Å²) in [5.41, 5.74) is 7.94. The van der Waals surface area contributed by atoms with Gasteiger partial charge in [0.15, 0.2) is 5.78 Å². The SMILES string of the molecule is C.C[C@H](NC(=O)[C@H](O)CCc1ccccc1)C(=O)CCc1ccc2c(N)nccc2c1. The van der Waals surface area contributed by atoms with Crippen LogP contribution in [0, 0.1) is 0 Å². The van der Waals surface area contributed by atoms with Crippen LogP contribution < -0.4 is 11.1 Å². The predicted molar refractivity (Wildman–Crippen MR) is 125 cm³/mol. The Kier molecular flexibility index (Phi) is 8.70. The Morgan fingerprint density at radius 2 is 1.81 bits per heavy atom. The van der Waals surface area contributed by atoms with Gasteiger partial charge in [-0.15, -0.1) is 0 Å². The van der Waals surface area contributed by atoms with Crippen LogP contribution in [0.4, 0.5) is 5.82 Å². The zero-order chi connectivity index (χ0) is 21.5. The van der Waals surface area contributed by atoms with Crippen LogP contribution >= 0.6 is 0 Å². The maximum absolute atomic E-state index is 12.4. The topological polar surface area (TPSA) is 105 Å². The van der Waals surface area contributed by atoms with Gasteiger partial charge >= 0.3 is 0 Å². The quantitative estimate of drug-likeness (QED) is 0.491. The summed E-state index contributed by atoms with van der Waals surface area (Å²) >= 11 is 0. The molecule has 6 nitrogen and oxygen atoms in total. The van der Waals surface area contributed by atoms with E-state index in [1.165, 1.54) is 0 Å². The number of aryl methyl sites for hydroxylation is 2. The summed E-state index contributed by atoms with van der Waals surface area (Å²) in [7, 11) is 0. The third-order valence-corrected chi connectivity index (χ3v) is 5.21. The number of nitrogens with two attached hydrogens (primary N) is 1. The Morgan fingerprint density at radius 1 is 1.06 bits per heavy atom. The number of nitrogen functional groups attached to an aromatic ring is 1.